The van der Waals surface area contributed by atoms with E-state index in [-0.39, 0.29) is 21.7 Å². The highest BCUT2D eigenvalue weighted by Crippen LogP contribution is 2.33. The predicted molar refractivity (Wildman–Crippen MR) is 81.7 cm³/mol. The van der Waals surface area contributed by atoms with E-state index in [1.54, 1.807) is 12.1 Å². The monoisotopic (exact) mass is 309 g/mol. The van der Waals surface area contributed by atoms with E-state index in [1.165, 1.54) is 6.92 Å². The molecule has 20 heavy (non-hydrogen) atoms. The van der Waals surface area contributed by atoms with Crippen molar-refractivity contribution in [2.45, 2.75) is 13.3 Å². The van der Waals surface area contributed by atoms with E-state index in [0.29, 0.717) is 6.42 Å². The fourth-order valence-electron chi connectivity index (χ4n) is 1.86. The number of rotatable bonds is 3. The maximum Gasteiger partial charge on any atom is 0.221 e. The summed E-state index contributed by atoms with van der Waals surface area (Å²) in [5.41, 5.74) is 2.71. The number of amides is 1. The zero-order chi connectivity index (χ0) is 14.7. The van der Waals surface area contributed by atoms with Crippen molar-refractivity contribution in [3.8, 4) is 5.75 Å². The molecule has 3 nitrogen and oxygen atoms in total. The summed E-state index contributed by atoms with van der Waals surface area (Å²) < 4.78 is 0. The molecule has 0 bridgehead atoms. The Morgan fingerprint density at radius 2 is 1.65 bits per heavy atom. The van der Waals surface area contributed by atoms with E-state index in [9.17, 15) is 9.90 Å². The van der Waals surface area contributed by atoms with Gasteiger partial charge in [-0.25, -0.2) is 0 Å². The molecule has 2 rings (SSSR count). The molecule has 0 saturated carbocycles. The molecule has 0 saturated heterocycles. The van der Waals surface area contributed by atoms with Crippen LogP contribution in [0.5, 0.6) is 5.75 Å². The van der Waals surface area contributed by atoms with Gasteiger partial charge in [0.2, 0.25) is 5.91 Å². The minimum atomic E-state index is -0.102. The number of hydrogen-bond donors (Lipinski definition) is 2. The Labute approximate surface area is 127 Å². The van der Waals surface area contributed by atoms with Gasteiger partial charge < -0.3 is 10.4 Å². The summed E-state index contributed by atoms with van der Waals surface area (Å²) in [6.45, 7) is 1.47. The highest BCUT2D eigenvalue weighted by Gasteiger charge is 2.07. The lowest BCUT2D eigenvalue weighted by atomic mass is 10.0. The number of halogens is 2. The van der Waals surface area contributed by atoms with Gasteiger partial charge in [-0.05, 0) is 41.8 Å². The molecule has 0 fully saturated rings. The fraction of sp³-hybridized carbons (Fsp3) is 0.133. The standard InChI is InChI=1S/C15H13Cl2NO2/c1-9(19)18-12-4-2-10(3-5-12)6-11-7-13(16)15(20)14(17)8-11/h2-5,7-8,20H,6H2,1H3,(H,18,19). The van der Waals surface area contributed by atoms with Crippen LogP contribution in [0.4, 0.5) is 5.69 Å². The molecule has 0 spiro atoms. The van der Waals surface area contributed by atoms with Crippen LogP contribution in [0.2, 0.25) is 10.0 Å². The molecule has 2 N–H and O–H groups in total. The Kier molecular flexibility index (Phi) is 4.53. The van der Waals surface area contributed by atoms with Crippen molar-refractivity contribution in [2.75, 3.05) is 5.32 Å². The van der Waals surface area contributed by atoms with Gasteiger partial charge >= 0.3 is 0 Å². The fourth-order valence-corrected chi connectivity index (χ4v) is 2.40. The lowest BCUT2D eigenvalue weighted by Crippen LogP contribution is -2.05. The first-order valence-corrected chi connectivity index (χ1v) is 6.74. The lowest BCUT2D eigenvalue weighted by Gasteiger charge is -2.07. The van der Waals surface area contributed by atoms with Gasteiger partial charge in [0.25, 0.3) is 0 Å². The number of aromatic hydroxyl groups is 1. The van der Waals surface area contributed by atoms with E-state index < -0.39 is 0 Å². The maximum absolute atomic E-state index is 10.9. The Bertz CT molecular complexity index is 616. The second kappa shape index (κ2) is 6.16. The Hall–Kier alpha value is -1.71. The average molecular weight is 310 g/mol. The molecule has 104 valence electrons. The smallest absolute Gasteiger partial charge is 0.221 e. The summed E-state index contributed by atoms with van der Waals surface area (Å²) in [5, 5.41) is 12.7. The Morgan fingerprint density at radius 1 is 1.10 bits per heavy atom. The van der Waals surface area contributed by atoms with Gasteiger partial charge in [0, 0.05) is 12.6 Å². The van der Waals surface area contributed by atoms with Gasteiger partial charge in [0.15, 0.2) is 5.75 Å². The molecule has 0 heterocycles. The minimum absolute atomic E-state index is 0.0990. The third-order valence-corrected chi connectivity index (χ3v) is 3.34. The third-order valence-electron chi connectivity index (χ3n) is 2.76. The molecular formula is C15H13Cl2NO2. The molecule has 2 aromatic rings. The number of benzene rings is 2. The average Bonchev–Trinajstić information content (AvgIpc) is 2.37. The van der Waals surface area contributed by atoms with E-state index >= 15 is 0 Å². The van der Waals surface area contributed by atoms with Crippen LogP contribution in [0.15, 0.2) is 36.4 Å². The van der Waals surface area contributed by atoms with Crippen LogP contribution in [0.1, 0.15) is 18.1 Å². The lowest BCUT2D eigenvalue weighted by molar-refractivity contribution is -0.114. The molecule has 0 aliphatic heterocycles. The molecule has 0 unspecified atom stereocenters. The van der Waals surface area contributed by atoms with Gasteiger partial charge in [-0.3, -0.25) is 4.79 Å². The number of nitrogens with one attached hydrogen (secondary N) is 1. The second-order valence-electron chi connectivity index (χ2n) is 4.46. The number of carbonyl (C=O) groups is 1. The van der Waals surface area contributed by atoms with Crippen molar-refractivity contribution >= 4 is 34.8 Å². The SMILES string of the molecule is CC(=O)Nc1ccc(Cc2cc(Cl)c(O)c(Cl)c2)cc1. The quantitative estimate of drug-likeness (QED) is 0.890. The second-order valence-corrected chi connectivity index (χ2v) is 5.28. The summed E-state index contributed by atoms with van der Waals surface area (Å²) in [4.78, 5) is 10.9. The molecule has 1 amide bonds. The topological polar surface area (TPSA) is 49.3 Å². The Balaban J connectivity index is 2.16. The number of phenolic OH excluding ortho intramolecular Hbond substituents is 1. The zero-order valence-electron chi connectivity index (χ0n) is 10.8. The summed E-state index contributed by atoms with van der Waals surface area (Å²) in [7, 11) is 0. The molecule has 0 aromatic heterocycles. The van der Waals surface area contributed by atoms with Gasteiger partial charge in [-0.1, -0.05) is 35.3 Å². The van der Waals surface area contributed by atoms with E-state index in [4.69, 9.17) is 23.2 Å². The maximum atomic E-state index is 10.9. The van der Waals surface area contributed by atoms with Crippen LogP contribution in [-0.4, -0.2) is 11.0 Å². The number of carbonyl (C=O) groups excluding carboxylic acids is 1. The normalized spacial score (nSPS) is 10.3. The van der Waals surface area contributed by atoms with Crippen LogP contribution in [-0.2, 0) is 11.2 Å². The Morgan fingerprint density at radius 3 is 2.15 bits per heavy atom. The molecule has 5 heteroatoms. The third kappa shape index (κ3) is 3.65. The predicted octanol–water partition coefficient (Wildman–Crippen LogP) is 4.25. The van der Waals surface area contributed by atoms with E-state index in [2.05, 4.69) is 5.32 Å². The molecule has 0 radical (unpaired) electrons. The van der Waals surface area contributed by atoms with E-state index in [0.717, 1.165) is 16.8 Å². The molecule has 2 aromatic carbocycles. The van der Waals surface area contributed by atoms with Crippen LogP contribution in [0.25, 0.3) is 0 Å². The van der Waals surface area contributed by atoms with Crippen molar-refractivity contribution in [1.29, 1.82) is 0 Å². The van der Waals surface area contributed by atoms with Crippen molar-refractivity contribution < 1.29 is 9.90 Å². The largest absolute Gasteiger partial charge is 0.505 e. The highest BCUT2D eigenvalue weighted by molar-refractivity contribution is 6.37. The van der Waals surface area contributed by atoms with Crippen LogP contribution in [0.3, 0.4) is 0 Å². The van der Waals surface area contributed by atoms with Crippen molar-refractivity contribution in [1.82, 2.24) is 0 Å². The molecule has 0 atom stereocenters. The van der Waals surface area contributed by atoms with Crippen LogP contribution < -0.4 is 5.32 Å². The molecule has 0 aliphatic rings. The number of anilines is 1. The van der Waals surface area contributed by atoms with Crippen LogP contribution >= 0.6 is 23.2 Å². The first kappa shape index (κ1) is 14.7. The summed E-state index contributed by atoms with van der Waals surface area (Å²) in [6, 6.07) is 10.9. The zero-order valence-corrected chi connectivity index (χ0v) is 12.3. The molecular weight excluding hydrogens is 297 g/mol. The summed E-state index contributed by atoms with van der Waals surface area (Å²) in [6.07, 6.45) is 0.639. The van der Waals surface area contributed by atoms with Crippen LogP contribution in [0, 0.1) is 0 Å². The molecule has 0 aliphatic carbocycles. The number of phenols is 1. The summed E-state index contributed by atoms with van der Waals surface area (Å²) >= 11 is 11.8. The van der Waals surface area contributed by atoms with Gasteiger partial charge in [-0.2, -0.15) is 0 Å². The van der Waals surface area contributed by atoms with Crippen molar-refractivity contribution in [3.63, 3.8) is 0 Å². The van der Waals surface area contributed by atoms with Gasteiger partial charge in [-0.15, -0.1) is 0 Å². The first-order chi connectivity index (χ1) is 9.45. The number of hydrogen-bond acceptors (Lipinski definition) is 2. The summed E-state index contributed by atoms with van der Waals surface area (Å²) in [5.74, 6) is -0.201. The van der Waals surface area contributed by atoms with E-state index in [1.807, 2.05) is 24.3 Å². The van der Waals surface area contributed by atoms with Crippen molar-refractivity contribution in [3.05, 3.63) is 57.6 Å². The first-order valence-electron chi connectivity index (χ1n) is 5.99. The highest BCUT2D eigenvalue weighted by atomic mass is 35.5. The van der Waals surface area contributed by atoms with Gasteiger partial charge in [0.1, 0.15) is 0 Å². The van der Waals surface area contributed by atoms with Gasteiger partial charge in [0.05, 0.1) is 10.0 Å². The minimum Gasteiger partial charge on any atom is -0.505 e. The van der Waals surface area contributed by atoms with Crippen molar-refractivity contribution in [2.24, 2.45) is 0 Å².